The van der Waals surface area contributed by atoms with Crippen molar-refractivity contribution < 1.29 is 14.4 Å². The Labute approximate surface area is 166 Å². The number of hydrogen-bond donors (Lipinski definition) is 2. The van der Waals surface area contributed by atoms with Gasteiger partial charge in [-0.2, -0.15) is 0 Å². The summed E-state index contributed by atoms with van der Waals surface area (Å²) in [5.74, 6) is -2.65. The lowest BCUT2D eigenvalue weighted by Gasteiger charge is -2.17. The highest BCUT2D eigenvalue weighted by atomic mass is 35.5. The van der Waals surface area contributed by atoms with Gasteiger partial charge in [0.1, 0.15) is 12.4 Å². The fourth-order valence-corrected chi connectivity index (χ4v) is 2.99. The number of carbonyl (C=O) groups is 3. The van der Waals surface area contributed by atoms with Crippen LogP contribution in [-0.4, -0.2) is 33.2 Å². The average Bonchev–Trinajstić information content (AvgIpc) is 3.10. The predicted molar refractivity (Wildman–Crippen MR) is 104 cm³/mol. The molecule has 3 rings (SSSR count). The Morgan fingerprint density at radius 2 is 1.64 bits per heavy atom. The van der Waals surface area contributed by atoms with Crippen LogP contribution in [0.15, 0.2) is 67.0 Å². The van der Waals surface area contributed by atoms with E-state index in [-0.39, 0.29) is 17.3 Å². The number of nitrogens with two attached hydrogens (primary N) is 1. The highest BCUT2D eigenvalue weighted by Crippen LogP contribution is 2.19. The van der Waals surface area contributed by atoms with Gasteiger partial charge in [-0.25, -0.2) is 4.98 Å². The molecule has 1 atom stereocenters. The van der Waals surface area contributed by atoms with Crippen LogP contribution < -0.4 is 11.1 Å². The number of primary amides is 1. The van der Waals surface area contributed by atoms with Crippen molar-refractivity contribution in [3.05, 3.63) is 83.4 Å². The fourth-order valence-electron chi connectivity index (χ4n) is 2.77. The quantitative estimate of drug-likeness (QED) is 0.595. The highest BCUT2D eigenvalue weighted by Gasteiger charge is 2.28. The Bertz CT molecular complexity index is 1000. The molecule has 0 saturated heterocycles. The second-order valence-corrected chi connectivity index (χ2v) is 6.39. The summed E-state index contributed by atoms with van der Waals surface area (Å²) >= 11 is 6.11. The first-order valence-corrected chi connectivity index (χ1v) is 8.82. The molecule has 1 aromatic heterocycles. The molecule has 2 amide bonds. The number of nitrogens with zero attached hydrogens (tertiary/aromatic N) is 2. The first-order chi connectivity index (χ1) is 13.5. The molecule has 7 nitrogen and oxygen atoms in total. The molecule has 0 saturated carbocycles. The highest BCUT2D eigenvalue weighted by molar-refractivity contribution is 6.38. The molecule has 0 fully saturated rings. The van der Waals surface area contributed by atoms with Gasteiger partial charge >= 0.3 is 0 Å². The van der Waals surface area contributed by atoms with E-state index in [4.69, 9.17) is 17.3 Å². The molecule has 0 bridgehead atoms. The zero-order valence-corrected chi connectivity index (χ0v) is 15.5. The minimum atomic E-state index is -1.12. The first-order valence-electron chi connectivity index (χ1n) is 8.44. The second kappa shape index (κ2) is 8.49. The molecule has 0 aliphatic carbocycles. The Morgan fingerprint density at radius 3 is 2.25 bits per heavy atom. The number of imidazole rings is 1. The third kappa shape index (κ3) is 4.27. The van der Waals surface area contributed by atoms with Crippen LogP contribution in [-0.2, 0) is 16.0 Å². The third-order valence-electron chi connectivity index (χ3n) is 4.12. The first kappa shape index (κ1) is 19.3. The maximum Gasteiger partial charge on any atom is 0.287 e. The SMILES string of the molecule is NC(=O)C(=O)[C@H](Cc1ccccc1)NC(=O)c1c(Cl)ncn1-c1ccccc1. The van der Waals surface area contributed by atoms with Gasteiger partial charge in [0.2, 0.25) is 5.78 Å². The maximum absolute atomic E-state index is 12.9. The average molecular weight is 397 g/mol. The number of amides is 2. The monoisotopic (exact) mass is 396 g/mol. The van der Waals surface area contributed by atoms with E-state index in [0.717, 1.165) is 5.56 Å². The van der Waals surface area contributed by atoms with Crippen molar-refractivity contribution in [1.29, 1.82) is 0 Å². The largest absolute Gasteiger partial charge is 0.363 e. The van der Waals surface area contributed by atoms with Crippen LogP contribution >= 0.6 is 11.6 Å². The molecular weight excluding hydrogens is 380 g/mol. The fraction of sp³-hybridized carbons (Fsp3) is 0.100. The molecule has 142 valence electrons. The molecule has 0 aliphatic heterocycles. The smallest absolute Gasteiger partial charge is 0.287 e. The van der Waals surface area contributed by atoms with E-state index >= 15 is 0 Å². The van der Waals surface area contributed by atoms with Gasteiger partial charge in [-0.15, -0.1) is 0 Å². The van der Waals surface area contributed by atoms with Gasteiger partial charge in [-0.05, 0) is 17.7 Å². The Balaban J connectivity index is 1.89. The Hall–Kier alpha value is -3.45. The molecule has 2 aromatic carbocycles. The summed E-state index contributed by atoms with van der Waals surface area (Å²) in [7, 11) is 0. The summed E-state index contributed by atoms with van der Waals surface area (Å²) in [6, 6.07) is 16.9. The molecule has 0 radical (unpaired) electrons. The molecule has 3 N–H and O–H groups in total. The van der Waals surface area contributed by atoms with Gasteiger partial charge in [0.05, 0.1) is 0 Å². The van der Waals surface area contributed by atoms with Crippen molar-refractivity contribution >= 4 is 29.2 Å². The van der Waals surface area contributed by atoms with Crippen molar-refractivity contribution in [3.8, 4) is 5.69 Å². The van der Waals surface area contributed by atoms with E-state index in [0.29, 0.717) is 5.69 Å². The summed E-state index contributed by atoms with van der Waals surface area (Å²) in [6.07, 6.45) is 1.53. The lowest BCUT2D eigenvalue weighted by atomic mass is 10.0. The molecule has 0 spiro atoms. The number of rotatable bonds is 7. The number of aromatic nitrogens is 2. The summed E-state index contributed by atoms with van der Waals surface area (Å²) < 4.78 is 1.51. The van der Waals surface area contributed by atoms with Gasteiger partial charge in [0.25, 0.3) is 11.8 Å². The normalized spacial score (nSPS) is 11.6. The molecule has 0 aliphatic rings. The number of para-hydroxylation sites is 1. The molecule has 28 heavy (non-hydrogen) atoms. The Morgan fingerprint density at radius 1 is 1.04 bits per heavy atom. The van der Waals surface area contributed by atoms with Crippen molar-refractivity contribution in [1.82, 2.24) is 14.9 Å². The van der Waals surface area contributed by atoms with Gasteiger partial charge in [0.15, 0.2) is 10.8 Å². The van der Waals surface area contributed by atoms with Crippen LogP contribution in [0.3, 0.4) is 0 Å². The van der Waals surface area contributed by atoms with Crippen LogP contribution in [0.4, 0.5) is 0 Å². The minimum absolute atomic E-state index is 0.0219. The van der Waals surface area contributed by atoms with E-state index in [9.17, 15) is 14.4 Å². The van der Waals surface area contributed by atoms with Crippen molar-refractivity contribution in [3.63, 3.8) is 0 Å². The van der Waals surface area contributed by atoms with E-state index in [1.54, 1.807) is 48.5 Å². The zero-order chi connectivity index (χ0) is 20.1. The van der Waals surface area contributed by atoms with Gasteiger partial charge in [-0.3, -0.25) is 19.0 Å². The van der Waals surface area contributed by atoms with E-state index in [1.165, 1.54) is 10.9 Å². The number of halogens is 1. The maximum atomic E-state index is 12.9. The second-order valence-electron chi connectivity index (χ2n) is 6.03. The number of benzene rings is 2. The number of nitrogens with one attached hydrogen (secondary N) is 1. The summed E-state index contributed by atoms with van der Waals surface area (Å²) in [4.78, 5) is 40.5. The van der Waals surface area contributed by atoms with Crippen LogP contribution in [0.25, 0.3) is 5.69 Å². The minimum Gasteiger partial charge on any atom is -0.363 e. The van der Waals surface area contributed by atoms with Crippen LogP contribution in [0.5, 0.6) is 0 Å². The zero-order valence-electron chi connectivity index (χ0n) is 14.7. The van der Waals surface area contributed by atoms with E-state index < -0.39 is 23.6 Å². The third-order valence-corrected chi connectivity index (χ3v) is 4.40. The number of hydrogen-bond acceptors (Lipinski definition) is 4. The Kier molecular flexibility index (Phi) is 5.86. The van der Waals surface area contributed by atoms with Crippen molar-refractivity contribution in [2.24, 2.45) is 5.73 Å². The number of ketones is 1. The molecule has 0 unspecified atom stereocenters. The van der Waals surface area contributed by atoms with Crippen LogP contribution in [0.1, 0.15) is 16.1 Å². The summed E-state index contributed by atoms with van der Waals surface area (Å²) in [5.41, 5.74) is 6.65. The van der Waals surface area contributed by atoms with Crippen LogP contribution in [0, 0.1) is 0 Å². The summed E-state index contributed by atoms with van der Waals surface area (Å²) in [6.45, 7) is 0. The number of Topliss-reactive ketones (excluding diaryl/α,β-unsaturated/α-hetero) is 1. The molecule has 3 aromatic rings. The lowest BCUT2D eigenvalue weighted by Crippen LogP contribution is -2.47. The molecule has 8 heteroatoms. The lowest BCUT2D eigenvalue weighted by molar-refractivity contribution is -0.137. The number of carbonyl (C=O) groups excluding carboxylic acids is 3. The molecule has 1 heterocycles. The predicted octanol–water partition coefficient (Wildman–Crippen LogP) is 1.92. The van der Waals surface area contributed by atoms with Crippen molar-refractivity contribution in [2.45, 2.75) is 12.5 Å². The summed E-state index contributed by atoms with van der Waals surface area (Å²) in [5, 5.41) is 2.54. The van der Waals surface area contributed by atoms with Gasteiger partial charge in [-0.1, -0.05) is 60.1 Å². The standard InChI is InChI=1S/C20H17ClN4O3/c21-18-16(25(12-23-18)14-9-5-2-6-10-14)20(28)24-15(17(26)19(22)27)11-13-7-3-1-4-8-13/h1-10,12,15H,11H2,(H2,22,27)(H,24,28)/t15-/m0/s1. The van der Waals surface area contributed by atoms with E-state index in [1.807, 2.05) is 12.1 Å². The van der Waals surface area contributed by atoms with Gasteiger partial charge in [0, 0.05) is 12.1 Å². The topological polar surface area (TPSA) is 107 Å². The van der Waals surface area contributed by atoms with Crippen molar-refractivity contribution in [2.75, 3.05) is 0 Å². The van der Waals surface area contributed by atoms with Crippen LogP contribution in [0.2, 0.25) is 5.15 Å². The molecular formula is C20H17ClN4O3. The van der Waals surface area contributed by atoms with Gasteiger partial charge < -0.3 is 11.1 Å². The van der Waals surface area contributed by atoms with E-state index in [2.05, 4.69) is 10.3 Å².